The monoisotopic (exact) mass is 397 g/mol. The Morgan fingerprint density at radius 1 is 0.767 bits per heavy atom. The van der Waals surface area contributed by atoms with E-state index >= 15 is 0 Å². The van der Waals surface area contributed by atoms with Gasteiger partial charge in [-0.05, 0) is 48.2 Å². The van der Waals surface area contributed by atoms with Gasteiger partial charge in [-0.25, -0.2) is 5.43 Å². The molecule has 0 unspecified atom stereocenters. The smallest absolute Gasteiger partial charge is 0.287 e. The molecule has 0 aliphatic heterocycles. The Hall–Kier alpha value is -3.99. The van der Waals surface area contributed by atoms with Gasteiger partial charge in [-0.1, -0.05) is 72.8 Å². The molecular formula is C25H23N3O2. The van der Waals surface area contributed by atoms with E-state index in [0.717, 1.165) is 16.7 Å². The molecule has 0 aliphatic rings. The summed E-state index contributed by atoms with van der Waals surface area (Å²) in [5.41, 5.74) is 6.90. The molecule has 5 heteroatoms. The lowest BCUT2D eigenvalue weighted by Gasteiger charge is -2.10. The lowest BCUT2D eigenvalue weighted by atomic mass is 10.0. The maximum atomic E-state index is 12.5. The Labute approximate surface area is 176 Å². The van der Waals surface area contributed by atoms with Crippen LogP contribution in [-0.4, -0.2) is 18.0 Å². The molecule has 0 saturated heterocycles. The van der Waals surface area contributed by atoms with E-state index in [9.17, 15) is 9.59 Å². The number of hydrazone groups is 1. The van der Waals surface area contributed by atoms with Crippen LogP contribution in [0.5, 0.6) is 0 Å². The van der Waals surface area contributed by atoms with Gasteiger partial charge in [-0.3, -0.25) is 9.59 Å². The summed E-state index contributed by atoms with van der Waals surface area (Å²) in [4.78, 5) is 24.8. The van der Waals surface area contributed by atoms with Gasteiger partial charge < -0.3 is 5.32 Å². The Bertz CT molecular complexity index is 1070. The summed E-state index contributed by atoms with van der Waals surface area (Å²) in [6.45, 7) is 3.51. The molecule has 150 valence electrons. The molecule has 3 aromatic carbocycles. The highest BCUT2D eigenvalue weighted by Gasteiger charge is 2.15. The van der Waals surface area contributed by atoms with Crippen LogP contribution in [0.1, 0.15) is 29.8 Å². The Morgan fingerprint density at radius 3 is 1.93 bits per heavy atom. The number of allylic oxidation sites excluding steroid dienone is 1. The number of nitrogens with zero attached hydrogens (tertiary/aromatic N) is 1. The number of carbonyl (C=O) groups is 2. The van der Waals surface area contributed by atoms with Crippen LogP contribution >= 0.6 is 0 Å². The van der Waals surface area contributed by atoms with Crippen molar-refractivity contribution in [3.8, 4) is 11.1 Å². The molecule has 30 heavy (non-hydrogen) atoms. The first kappa shape index (κ1) is 20.7. The zero-order chi connectivity index (χ0) is 21.3. The highest BCUT2D eigenvalue weighted by atomic mass is 16.2. The minimum Gasteiger partial charge on any atom is -0.317 e. The van der Waals surface area contributed by atoms with Crippen LogP contribution in [0.25, 0.3) is 11.1 Å². The first-order chi connectivity index (χ1) is 14.5. The van der Waals surface area contributed by atoms with Crippen molar-refractivity contribution in [1.82, 2.24) is 10.7 Å². The molecule has 3 rings (SSSR count). The molecule has 0 fully saturated rings. The average molecular weight is 397 g/mol. The summed E-state index contributed by atoms with van der Waals surface area (Å²) in [5.74, 6) is -0.820. The number of nitrogens with one attached hydrogen (secondary N) is 2. The molecule has 0 atom stereocenters. The number of hydrogen-bond donors (Lipinski definition) is 2. The Kier molecular flexibility index (Phi) is 6.90. The highest BCUT2D eigenvalue weighted by molar-refractivity contribution is 6.03. The second kappa shape index (κ2) is 9.98. The molecule has 0 spiro atoms. The lowest BCUT2D eigenvalue weighted by Crippen LogP contribution is -2.33. The van der Waals surface area contributed by atoms with Crippen molar-refractivity contribution in [3.05, 3.63) is 107 Å². The minimum atomic E-state index is -0.476. The number of hydrogen-bond acceptors (Lipinski definition) is 3. The third kappa shape index (κ3) is 5.52. The fourth-order valence-corrected chi connectivity index (χ4v) is 2.80. The van der Waals surface area contributed by atoms with Crippen molar-refractivity contribution in [2.45, 2.75) is 13.8 Å². The van der Waals surface area contributed by atoms with E-state index in [1.165, 1.54) is 0 Å². The van der Waals surface area contributed by atoms with E-state index in [4.69, 9.17) is 0 Å². The summed E-state index contributed by atoms with van der Waals surface area (Å²) in [6, 6.07) is 26.7. The predicted molar refractivity (Wildman–Crippen MR) is 120 cm³/mol. The van der Waals surface area contributed by atoms with E-state index < -0.39 is 5.91 Å². The largest absolute Gasteiger partial charge is 0.317 e. The third-order valence-electron chi connectivity index (χ3n) is 4.40. The molecule has 3 aromatic rings. The average Bonchev–Trinajstić information content (AvgIpc) is 2.78. The second-order valence-electron chi connectivity index (χ2n) is 6.88. The SMILES string of the molecule is CC(C)=C(NC(=O)c1ccccc1)C(=O)NN=Cc1ccc(-c2ccccc2)cc1. The minimum absolute atomic E-state index is 0.181. The normalized spacial score (nSPS) is 10.5. The van der Waals surface area contributed by atoms with E-state index in [1.54, 1.807) is 44.3 Å². The van der Waals surface area contributed by atoms with Gasteiger partial charge in [0.05, 0.1) is 6.21 Å². The molecule has 0 aromatic heterocycles. The van der Waals surface area contributed by atoms with Gasteiger partial charge in [0, 0.05) is 5.56 Å². The summed E-state index contributed by atoms with van der Waals surface area (Å²) in [6.07, 6.45) is 1.56. The molecule has 0 saturated carbocycles. The number of benzene rings is 3. The highest BCUT2D eigenvalue weighted by Crippen LogP contribution is 2.18. The van der Waals surface area contributed by atoms with E-state index in [0.29, 0.717) is 11.1 Å². The molecule has 0 aliphatic carbocycles. The van der Waals surface area contributed by atoms with Gasteiger partial charge in [0.25, 0.3) is 11.8 Å². The van der Waals surface area contributed by atoms with E-state index in [-0.39, 0.29) is 11.6 Å². The van der Waals surface area contributed by atoms with Crippen molar-refractivity contribution in [3.63, 3.8) is 0 Å². The Balaban J connectivity index is 1.62. The maximum absolute atomic E-state index is 12.5. The van der Waals surface area contributed by atoms with E-state index in [1.807, 2.05) is 60.7 Å². The molecule has 0 radical (unpaired) electrons. The summed E-state index contributed by atoms with van der Waals surface area (Å²) in [7, 11) is 0. The zero-order valence-corrected chi connectivity index (χ0v) is 16.9. The first-order valence-corrected chi connectivity index (χ1v) is 9.57. The number of rotatable bonds is 6. The van der Waals surface area contributed by atoms with E-state index in [2.05, 4.69) is 15.8 Å². The van der Waals surface area contributed by atoms with Crippen LogP contribution in [-0.2, 0) is 4.79 Å². The van der Waals surface area contributed by atoms with Crippen molar-refractivity contribution in [1.29, 1.82) is 0 Å². The van der Waals surface area contributed by atoms with Crippen LogP contribution < -0.4 is 10.7 Å². The fourth-order valence-electron chi connectivity index (χ4n) is 2.80. The van der Waals surface area contributed by atoms with Crippen LogP contribution in [0.3, 0.4) is 0 Å². The van der Waals surface area contributed by atoms with Gasteiger partial charge in [0.2, 0.25) is 0 Å². The first-order valence-electron chi connectivity index (χ1n) is 9.57. The molecule has 2 amide bonds. The number of carbonyl (C=O) groups excluding carboxylic acids is 2. The number of amides is 2. The van der Waals surface area contributed by atoms with Crippen molar-refractivity contribution in [2.75, 3.05) is 0 Å². The van der Waals surface area contributed by atoms with Gasteiger partial charge >= 0.3 is 0 Å². The summed E-state index contributed by atoms with van der Waals surface area (Å²) in [5, 5.41) is 6.68. The Morgan fingerprint density at radius 2 is 1.33 bits per heavy atom. The topological polar surface area (TPSA) is 70.6 Å². The van der Waals surface area contributed by atoms with Gasteiger partial charge in [0.15, 0.2) is 0 Å². The quantitative estimate of drug-likeness (QED) is 0.364. The van der Waals surface area contributed by atoms with Crippen LogP contribution in [0.15, 0.2) is 101 Å². The van der Waals surface area contributed by atoms with Crippen molar-refractivity contribution < 1.29 is 9.59 Å². The summed E-state index contributed by atoms with van der Waals surface area (Å²) >= 11 is 0. The van der Waals surface area contributed by atoms with Crippen molar-refractivity contribution >= 4 is 18.0 Å². The van der Waals surface area contributed by atoms with Crippen LogP contribution in [0, 0.1) is 0 Å². The maximum Gasteiger partial charge on any atom is 0.287 e. The van der Waals surface area contributed by atoms with Crippen LogP contribution in [0.4, 0.5) is 0 Å². The molecule has 0 bridgehead atoms. The zero-order valence-electron chi connectivity index (χ0n) is 16.9. The molecule has 2 N–H and O–H groups in total. The van der Waals surface area contributed by atoms with Crippen molar-refractivity contribution in [2.24, 2.45) is 5.10 Å². The lowest BCUT2D eigenvalue weighted by molar-refractivity contribution is -0.117. The molecule has 5 nitrogen and oxygen atoms in total. The standard InChI is InChI=1S/C25H23N3O2/c1-18(2)23(27-24(29)22-11-7-4-8-12-22)25(30)28-26-17-19-13-15-21(16-14-19)20-9-5-3-6-10-20/h3-17H,1-2H3,(H,27,29)(H,28,30). The van der Waals surface area contributed by atoms with Gasteiger partial charge in [-0.2, -0.15) is 5.10 Å². The molecule has 0 heterocycles. The molecular weight excluding hydrogens is 374 g/mol. The summed E-state index contributed by atoms with van der Waals surface area (Å²) < 4.78 is 0. The fraction of sp³-hybridized carbons (Fsp3) is 0.0800. The second-order valence-corrected chi connectivity index (χ2v) is 6.88. The predicted octanol–water partition coefficient (Wildman–Crippen LogP) is 4.53. The third-order valence-corrected chi connectivity index (χ3v) is 4.40. The van der Waals surface area contributed by atoms with Gasteiger partial charge in [0.1, 0.15) is 5.70 Å². The van der Waals surface area contributed by atoms with Gasteiger partial charge in [-0.15, -0.1) is 0 Å². The van der Waals surface area contributed by atoms with Crippen LogP contribution in [0.2, 0.25) is 0 Å².